The van der Waals surface area contributed by atoms with Crippen molar-refractivity contribution in [3.05, 3.63) is 35.4 Å². The largest absolute Gasteiger partial charge is 0.281 e. The van der Waals surface area contributed by atoms with E-state index in [9.17, 15) is 9.59 Å². The van der Waals surface area contributed by atoms with Crippen LogP contribution in [0, 0.1) is 0 Å². The first-order valence-electron chi connectivity index (χ1n) is 5.19. The molecular weight excluding hydrogens is 204 g/mol. The van der Waals surface area contributed by atoms with E-state index in [-0.39, 0.29) is 0 Å². The van der Waals surface area contributed by atoms with E-state index in [4.69, 9.17) is 0 Å². The van der Waals surface area contributed by atoms with Gasteiger partial charge in [0, 0.05) is 0 Å². The third-order valence-corrected chi connectivity index (χ3v) is 2.68. The summed E-state index contributed by atoms with van der Waals surface area (Å²) >= 11 is 0. The second kappa shape index (κ2) is 3.96. The molecule has 2 rings (SSSR count). The summed E-state index contributed by atoms with van der Waals surface area (Å²) in [6, 6.07) is 7.45. The van der Waals surface area contributed by atoms with Gasteiger partial charge in [0.2, 0.25) is 0 Å². The zero-order valence-corrected chi connectivity index (χ0v) is 9.18. The van der Waals surface area contributed by atoms with Crippen LogP contribution in [0.2, 0.25) is 0 Å². The van der Waals surface area contributed by atoms with Crippen molar-refractivity contribution in [1.29, 1.82) is 0 Å². The van der Waals surface area contributed by atoms with E-state index in [2.05, 4.69) is 24.1 Å². The molecule has 0 N–H and O–H groups in total. The fourth-order valence-corrected chi connectivity index (χ4v) is 1.68. The van der Waals surface area contributed by atoms with Crippen molar-refractivity contribution in [1.82, 2.24) is 0 Å². The Morgan fingerprint density at radius 2 is 1.50 bits per heavy atom. The molecule has 0 bridgehead atoms. The number of nitrogens with zero attached hydrogens (tertiary/aromatic N) is 2. The summed E-state index contributed by atoms with van der Waals surface area (Å²) in [4.78, 5) is 22.6. The monoisotopic (exact) mass is 216 g/mol. The molecule has 0 aliphatic carbocycles. The molecule has 4 nitrogen and oxygen atoms in total. The summed E-state index contributed by atoms with van der Waals surface area (Å²) in [6.07, 6.45) is 0. The molecule has 2 amide bonds. The maximum atomic E-state index is 11.3. The number of hydrogen-bond donors (Lipinski definition) is 0. The molecule has 4 heteroatoms. The first kappa shape index (κ1) is 10.7. The van der Waals surface area contributed by atoms with E-state index in [1.807, 2.05) is 12.1 Å². The fraction of sp³-hybridized carbons (Fsp3) is 0.333. The van der Waals surface area contributed by atoms with E-state index >= 15 is 0 Å². The highest BCUT2D eigenvalue weighted by molar-refractivity contribution is 6.09. The molecule has 82 valence electrons. The highest BCUT2D eigenvalue weighted by Gasteiger charge is 2.33. The van der Waals surface area contributed by atoms with E-state index in [0.717, 1.165) is 0 Å². The Balaban J connectivity index is 2.29. The van der Waals surface area contributed by atoms with Gasteiger partial charge >= 0.3 is 0 Å². The predicted octanol–water partition coefficient (Wildman–Crippen LogP) is 2.41. The SMILES string of the molecule is CC(C)c1ccc(C2C(=O)N=NC2=O)cc1. The van der Waals surface area contributed by atoms with Gasteiger partial charge in [0.15, 0.2) is 0 Å². The minimum Gasteiger partial charge on any atom is -0.270 e. The Morgan fingerprint density at radius 1 is 1.00 bits per heavy atom. The van der Waals surface area contributed by atoms with Crippen LogP contribution >= 0.6 is 0 Å². The lowest BCUT2D eigenvalue weighted by molar-refractivity contribution is -0.124. The minimum atomic E-state index is -0.818. The van der Waals surface area contributed by atoms with Crippen molar-refractivity contribution in [2.45, 2.75) is 25.7 Å². The van der Waals surface area contributed by atoms with Crippen molar-refractivity contribution < 1.29 is 9.59 Å². The van der Waals surface area contributed by atoms with Crippen LogP contribution in [0.5, 0.6) is 0 Å². The number of azo groups is 1. The fourth-order valence-electron chi connectivity index (χ4n) is 1.68. The summed E-state index contributed by atoms with van der Waals surface area (Å²) in [5.74, 6) is -1.33. The molecule has 0 fully saturated rings. The summed E-state index contributed by atoms with van der Waals surface area (Å²) in [5.41, 5.74) is 1.85. The van der Waals surface area contributed by atoms with Gasteiger partial charge in [0.05, 0.1) is 0 Å². The molecular formula is C12H12N2O2. The molecule has 0 unspecified atom stereocenters. The quantitative estimate of drug-likeness (QED) is 0.713. The van der Waals surface area contributed by atoms with Gasteiger partial charge in [0.25, 0.3) is 11.8 Å². The molecule has 0 saturated heterocycles. The lowest BCUT2D eigenvalue weighted by atomic mass is 9.95. The Labute approximate surface area is 93.4 Å². The Morgan fingerprint density at radius 3 is 1.94 bits per heavy atom. The standard InChI is InChI=1S/C12H12N2O2/c1-7(2)8-3-5-9(6-4-8)10-11(15)13-14-12(10)16/h3-7,10H,1-2H3. The van der Waals surface area contributed by atoms with Crippen molar-refractivity contribution in [2.75, 3.05) is 0 Å². The van der Waals surface area contributed by atoms with Gasteiger partial charge in [0.1, 0.15) is 5.92 Å². The van der Waals surface area contributed by atoms with Crippen molar-refractivity contribution in [3.63, 3.8) is 0 Å². The van der Waals surface area contributed by atoms with Crippen LogP contribution in [0.4, 0.5) is 0 Å². The minimum absolute atomic E-state index is 0.429. The van der Waals surface area contributed by atoms with Gasteiger partial charge in [-0.3, -0.25) is 9.59 Å². The zero-order valence-electron chi connectivity index (χ0n) is 9.18. The second-order valence-corrected chi connectivity index (χ2v) is 4.13. The molecule has 0 radical (unpaired) electrons. The zero-order chi connectivity index (χ0) is 11.7. The molecule has 0 aromatic heterocycles. The third-order valence-electron chi connectivity index (χ3n) is 2.68. The Kier molecular flexibility index (Phi) is 2.64. The number of carbonyl (C=O) groups excluding carboxylic acids is 2. The van der Waals surface area contributed by atoms with Crippen LogP contribution in [-0.4, -0.2) is 11.8 Å². The first-order valence-corrected chi connectivity index (χ1v) is 5.19. The van der Waals surface area contributed by atoms with Gasteiger partial charge in [-0.1, -0.05) is 38.1 Å². The van der Waals surface area contributed by atoms with Crippen LogP contribution < -0.4 is 0 Å². The molecule has 1 aliphatic rings. The van der Waals surface area contributed by atoms with E-state index in [1.54, 1.807) is 12.1 Å². The first-order chi connectivity index (χ1) is 7.59. The number of benzene rings is 1. The summed E-state index contributed by atoms with van der Waals surface area (Å²) in [6.45, 7) is 4.18. The molecule has 0 spiro atoms. The van der Waals surface area contributed by atoms with E-state index in [1.165, 1.54) is 5.56 Å². The average molecular weight is 216 g/mol. The van der Waals surface area contributed by atoms with Gasteiger partial charge in [-0.2, -0.15) is 0 Å². The highest BCUT2D eigenvalue weighted by Crippen LogP contribution is 2.25. The van der Waals surface area contributed by atoms with Crippen LogP contribution in [0.3, 0.4) is 0 Å². The smallest absolute Gasteiger partial charge is 0.270 e. The normalized spacial score (nSPS) is 16.4. The lowest BCUT2D eigenvalue weighted by Crippen LogP contribution is -2.12. The lowest BCUT2D eigenvalue weighted by Gasteiger charge is -2.08. The third kappa shape index (κ3) is 1.78. The molecule has 16 heavy (non-hydrogen) atoms. The molecule has 0 saturated carbocycles. The van der Waals surface area contributed by atoms with Crippen molar-refractivity contribution in [2.24, 2.45) is 10.2 Å². The van der Waals surface area contributed by atoms with Crippen LogP contribution in [0.15, 0.2) is 34.5 Å². The Hall–Kier alpha value is -1.84. The van der Waals surface area contributed by atoms with Gasteiger partial charge in [-0.15, -0.1) is 10.2 Å². The molecule has 1 aromatic carbocycles. The van der Waals surface area contributed by atoms with Gasteiger partial charge < -0.3 is 0 Å². The maximum Gasteiger partial charge on any atom is 0.281 e. The van der Waals surface area contributed by atoms with Crippen molar-refractivity contribution >= 4 is 11.8 Å². The van der Waals surface area contributed by atoms with Crippen molar-refractivity contribution in [3.8, 4) is 0 Å². The van der Waals surface area contributed by atoms with Gasteiger partial charge in [-0.05, 0) is 17.0 Å². The molecule has 1 heterocycles. The topological polar surface area (TPSA) is 58.9 Å². The molecule has 0 atom stereocenters. The maximum absolute atomic E-state index is 11.3. The molecule has 1 aromatic rings. The summed E-state index contributed by atoms with van der Waals surface area (Å²) in [5, 5.41) is 6.54. The van der Waals surface area contributed by atoms with Crippen LogP contribution in [0.25, 0.3) is 0 Å². The number of amides is 2. The Bertz CT molecular complexity index is 442. The number of rotatable bonds is 2. The summed E-state index contributed by atoms with van der Waals surface area (Å²) in [7, 11) is 0. The van der Waals surface area contributed by atoms with E-state index < -0.39 is 17.7 Å². The second-order valence-electron chi connectivity index (χ2n) is 4.13. The number of hydrogen-bond acceptors (Lipinski definition) is 2. The predicted molar refractivity (Wildman–Crippen MR) is 58.1 cm³/mol. The highest BCUT2D eigenvalue weighted by atomic mass is 16.2. The summed E-state index contributed by atoms with van der Waals surface area (Å²) < 4.78 is 0. The van der Waals surface area contributed by atoms with Gasteiger partial charge in [-0.25, -0.2) is 0 Å². The van der Waals surface area contributed by atoms with E-state index in [0.29, 0.717) is 11.5 Å². The van der Waals surface area contributed by atoms with Crippen LogP contribution in [-0.2, 0) is 9.59 Å². The number of carbonyl (C=O) groups is 2. The molecule has 1 aliphatic heterocycles. The average Bonchev–Trinajstić information content (AvgIpc) is 2.59. The van der Waals surface area contributed by atoms with Crippen LogP contribution in [0.1, 0.15) is 36.8 Å².